The van der Waals surface area contributed by atoms with Gasteiger partial charge in [0.2, 0.25) is 0 Å². The first-order valence-electron chi connectivity index (χ1n) is 7.45. The summed E-state index contributed by atoms with van der Waals surface area (Å²) in [5.74, 6) is 0.0664. The molecule has 0 aliphatic carbocycles. The van der Waals surface area contributed by atoms with E-state index in [4.69, 9.17) is 40.2 Å². The van der Waals surface area contributed by atoms with E-state index in [0.29, 0.717) is 27.5 Å². The van der Waals surface area contributed by atoms with Gasteiger partial charge in [0.05, 0.1) is 10.0 Å². The largest absolute Gasteiger partial charge is 0.481 e. The summed E-state index contributed by atoms with van der Waals surface area (Å²) >= 11 is 16.9. The number of benzene rings is 2. The van der Waals surface area contributed by atoms with Gasteiger partial charge in [-0.05, 0) is 36.8 Å². The minimum absolute atomic E-state index is 0.305. The first kappa shape index (κ1) is 19.3. The summed E-state index contributed by atoms with van der Waals surface area (Å²) in [6, 6.07) is 14.6. The van der Waals surface area contributed by atoms with Crippen molar-refractivity contribution in [2.24, 2.45) is 0 Å². The molecule has 8 heteroatoms. The maximum atomic E-state index is 12.0. The fourth-order valence-electron chi connectivity index (χ4n) is 1.85. The summed E-state index contributed by atoms with van der Waals surface area (Å²) < 4.78 is 5.51. The molecule has 0 aliphatic heterocycles. The summed E-state index contributed by atoms with van der Waals surface area (Å²) in [4.78, 5) is 12.0. The van der Waals surface area contributed by atoms with Crippen LogP contribution < -0.4 is 20.9 Å². The quantitative estimate of drug-likeness (QED) is 0.532. The molecule has 0 spiro atoms. The smallest absolute Gasteiger partial charge is 0.279 e. The lowest BCUT2D eigenvalue weighted by atomic mass is 10.2. The average Bonchev–Trinajstić information content (AvgIpc) is 2.61. The van der Waals surface area contributed by atoms with E-state index in [0.717, 1.165) is 5.56 Å². The molecule has 0 aromatic heterocycles. The number of rotatable bonds is 5. The van der Waals surface area contributed by atoms with E-state index in [-0.39, 0.29) is 5.91 Å². The molecule has 0 saturated heterocycles. The number of halogens is 2. The molecule has 1 amide bonds. The number of nitrogens with one attached hydrogen (secondary N) is 3. The van der Waals surface area contributed by atoms with Gasteiger partial charge >= 0.3 is 0 Å². The van der Waals surface area contributed by atoms with Crippen molar-refractivity contribution in [1.29, 1.82) is 0 Å². The van der Waals surface area contributed by atoms with Crippen LogP contribution in [0.2, 0.25) is 10.0 Å². The van der Waals surface area contributed by atoms with Crippen molar-refractivity contribution in [3.8, 4) is 5.75 Å². The van der Waals surface area contributed by atoms with E-state index >= 15 is 0 Å². The minimum Gasteiger partial charge on any atom is -0.481 e. The molecule has 5 nitrogen and oxygen atoms in total. The fourth-order valence-corrected chi connectivity index (χ4v) is 2.26. The molecule has 2 aromatic rings. The van der Waals surface area contributed by atoms with Crippen LogP contribution in [0.25, 0.3) is 0 Å². The van der Waals surface area contributed by atoms with E-state index < -0.39 is 6.10 Å². The predicted molar refractivity (Wildman–Crippen MR) is 104 cm³/mol. The van der Waals surface area contributed by atoms with Gasteiger partial charge < -0.3 is 10.1 Å². The molecule has 0 bridgehead atoms. The highest BCUT2D eigenvalue weighted by Crippen LogP contribution is 2.26. The van der Waals surface area contributed by atoms with Crippen molar-refractivity contribution in [1.82, 2.24) is 16.2 Å². The zero-order chi connectivity index (χ0) is 18.2. The molecule has 0 unspecified atom stereocenters. The van der Waals surface area contributed by atoms with Gasteiger partial charge in [-0.15, -0.1) is 0 Å². The lowest BCUT2D eigenvalue weighted by Crippen LogP contribution is -2.50. The Morgan fingerprint density at radius 1 is 1.12 bits per heavy atom. The molecule has 25 heavy (non-hydrogen) atoms. The second-order valence-corrected chi connectivity index (χ2v) is 6.34. The third-order valence-corrected chi connectivity index (χ3v) is 4.15. The van der Waals surface area contributed by atoms with Crippen LogP contribution in [0.15, 0.2) is 48.5 Å². The van der Waals surface area contributed by atoms with Crippen LogP contribution in [0, 0.1) is 0 Å². The Kier molecular flexibility index (Phi) is 7.31. The number of carbonyl (C=O) groups is 1. The molecule has 0 fully saturated rings. The zero-order valence-corrected chi connectivity index (χ0v) is 15.7. The number of ether oxygens (including phenoxy) is 1. The van der Waals surface area contributed by atoms with E-state index in [9.17, 15) is 4.79 Å². The van der Waals surface area contributed by atoms with E-state index in [1.165, 1.54) is 0 Å². The van der Waals surface area contributed by atoms with Crippen LogP contribution >= 0.6 is 35.4 Å². The predicted octanol–water partition coefficient (Wildman–Crippen LogP) is 3.46. The molecule has 1 atom stereocenters. The molecule has 0 heterocycles. The van der Waals surface area contributed by atoms with Crippen LogP contribution in [0.1, 0.15) is 12.5 Å². The van der Waals surface area contributed by atoms with Crippen LogP contribution in [0.3, 0.4) is 0 Å². The van der Waals surface area contributed by atoms with Crippen molar-refractivity contribution >= 4 is 46.4 Å². The van der Waals surface area contributed by atoms with Gasteiger partial charge in [-0.3, -0.25) is 15.6 Å². The van der Waals surface area contributed by atoms with Gasteiger partial charge in [0.1, 0.15) is 5.75 Å². The summed E-state index contributed by atoms with van der Waals surface area (Å²) in [6.45, 7) is 2.16. The van der Waals surface area contributed by atoms with Gasteiger partial charge in [-0.1, -0.05) is 53.5 Å². The summed E-state index contributed by atoms with van der Waals surface area (Å²) in [7, 11) is 0. The van der Waals surface area contributed by atoms with Crippen molar-refractivity contribution in [2.75, 3.05) is 0 Å². The van der Waals surface area contributed by atoms with E-state index in [1.807, 2.05) is 30.3 Å². The summed E-state index contributed by atoms with van der Waals surface area (Å²) in [6.07, 6.45) is -0.748. The zero-order valence-electron chi connectivity index (χ0n) is 13.4. The third-order valence-electron chi connectivity index (χ3n) is 3.17. The first-order chi connectivity index (χ1) is 12.0. The normalized spacial score (nSPS) is 11.3. The van der Waals surface area contributed by atoms with Crippen LogP contribution in [0.4, 0.5) is 0 Å². The molecule has 0 aliphatic rings. The first-order valence-corrected chi connectivity index (χ1v) is 8.61. The lowest BCUT2D eigenvalue weighted by Gasteiger charge is -2.16. The highest BCUT2D eigenvalue weighted by atomic mass is 35.5. The molecule has 0 saturated carbocycles. The van der Waals surface area contributed by atoms with E-state index in [2.05, 4.69) is 16.2 Å². The van der Waals surface area contributed by atoms with Gasteiger partial charge in [-0.25, -0.2) is 0 Å². The Bertz CT molecular complexity index is 744. The molecule has 3 N–H and O–H groups in total. The molecular formula is C17H17Cl2N3O2S. The Morgan fingerprint density at radius 3 is 2.52 bits per heavy atom. The van der Waals surface area contributed by atoms with Crippen molar-refractivity contribution < 1.29 is 9.53 Å². The SMILES string of the molecule is C[C@@H](Oc1ccc(Cl)c(Cl)c1)C(=O)NNC(=S)NCc1ccccc1. The highest BCUT2D eigenvalue weighted by molar-refractivity contribution is 7.80. The summed E-state index contributed by atoms with van der Waals surface area (Å²) in [5.41, 5.74) is 6.20. The van der Waals surface area contributed by atoms with Gasteiger partial charge in [0.25, 0.3) is 5.91 Å². The lowest BCUT2D eigenvalue weighted by molar-refractivity contribution is -0.127. The maximum Gasteiger partial charge on any atom is 0.279 e. The third kappa shape index (κ3) is 6.42. The number of hydrazine groups is 1. The minimum atomic E-state index is -0.748. The van der Waals surface area contributed by atoms with Gasteiger partial charge in [-0.2, -0.15) is 0 Å². The van der Waals surface area contributed by atoms with Crippen LogP contribution in [-0.2, 0) is 11.3 Å². The number of hydrogen-bond acceptors (Lipinski definition) is 3. The second-order valence-electron chi connectivity index (χ2n) is 5.12. The van der Waals surface area contributed by atoms with Crippen molar-refractivity contribution in [3.05, 3.63) is 64.1 Å². The molecule has 2 rings (SSSR count). The number of carbonyl (C=O) groups excluding carboxylic acids is 1. The monoisotopic (exact) mass is 397 g/mol. The molecule has 2 aromatic carbocycles. The van der Waals surface area contributed by atoms with Crippen LogP contribution in [-0.4, -0.2) is 17.1 Å². The molecular weight excluding hydrogens is 381 g/mol. The Morgan fingerprint density at radius 2 is 1.84 bits per heavy atom. The van der Waals surface area contributed by atoms with Gasteiger partial charge in [0.15, 0.2) is 11.2 Å². The maximum absolute atomic E-state index is 12.0. The highest BCUT2D eigenvalue weighted by Gasteiger charge is 2.15. The van der Waals surface area contributed by atoms with Gasteiger partial charge in [0, 0.05) is 12.6 Å². The average molecular weight is 398 g/mol. The number of amides is 1. The topological polar surface area (TPSA) is 62.4 Å². The molecule has 132 valence electrons. The Labute approximate surface area is 161 Å². The Balaban J connectivity index is 1.74. The Hall–Kier alpha value is -2.02. The number of thiocarbonyl (C=S) groups is 1. The molecule has 0 radical (unpaired) electrons. The second kappa shape index (κ2) is 9.46. The summed E-state index contributed by atoms with van der Waals surface area (Å²) in [5, 5.41) is 4.07. The van der Waals surface area contributed by atoms with E-state index in [1.54, 1.807) is 25.1 Å². The van der Waals surface area contributed by atoms with Crippen molar-refractivity contribution in [3.63, 3.8) is 0 Å². The van der Waals surface area contributed by atoms with Crippen LogP contribution in [0.5, 0.6) is 5.75 Å². The van der Waals surface area contributed by atoms with Crippen molar-refractivity contribution in [2.45, 2.75) is 19.6 Å². The standard InChI is InChI=1S/C17H17Cl2N3O2S/c1-11(24-13-7-8-14(18)15(19)9-13)16(23)21-22-17(25)20-10-12-5-3-2-4-6-12/h2-9,11H,10H2,1H3,(H,21,23)(H2,20,22,25)/t11-/m1/s1. The number of hydrogen-bond donors (Lipinski definition) is 3. The fraction of sp³-hybridized carbons (Fsp3) is 0.176.